The van der Waals surface area contributed by atoms with Crippen molar-refractivity contribution in [1.82, 2.24) is 0 Å². The van der Waals surface area contributed by atoms with Crippen molar-refractivity contribution >= 4 is 11.7 Å². The lowest BCUT2D eigenvalue weighted by Gasteiger charge is -2.13. The van der Waals surface area contributed by atoms with Gasteiger partial charge < -0.3 is 24.2 Å². The zero-order chi connectivity index (χ0) is 24.9. The van der Waals surface area contributed by atoms with Gasteiger partial charge in [0.15, 0.2) is 6.61 Å². The van der Waals surface area contributed by atoms with Crippen LogP contribution in [0.3, 0.4) is 0 Å². The first-order valence-electron chi connectivity index (χ1n) is 10.9. The SMILES string of the molecule is CO/N=C(\COc1ccc(COc2ccc(CCC(=O)O)c(OCC#N)c2)cc1)c1ccccc1. The maximum Gasteiger partial charge on any atom is 0.303 e. The van der Waals surface area contributed by atoms with Gasteiger partial charge in [0, 0.05) is 18.1 Å². The molecule has 8 heteroatoms. The van der Waals surface area contributed by atoms with Crippen molar-refractivity contribution in [2.75, 3.05) is 20.3 Å². The summed E-state index contributed by atoms with van der Waals surface area (Å²) in [5.74, 6) is 0.788. The highest BCUT2D eigenvalue weighted by molar-refractivity contribution is 6.01. The van der Waals surface area contributed by atoms with Crippen LogP contribution >= 0.6 is 0 Å². The van der Waals surface area contributed by atoms with Crippen molar-refractivity contribution in [3.63, 3.8) is 0 Å². The van der Waals surface area contributed by atoms with Crippen LogP contribution in [0.4, 0.5) is 0 Å². The minimum atomic E-state index is -0.897. The number of nitriles is 1. The van der Waals surface area contributed by atoms with E-state index in [9.17, 15) is 4.79 Å². The number of benzene rings is 3. The average molecular weight is 475 g/mol. The highest BCUT2D eigenvalue weighted by atomic mass is 16.6. The first kappa shape index (κ1) is 25.1. The summed E-state index contributed by atoms with van der Waals surface area (Å²) in [7, 11) is 1.50. The molecule has 0 saturated carbocycles. The van der Waals surface area contributed by atoms with Gasteiger partial charge >= 0.3 is 5.97 Å². The quantitative estimate of drug-likeness (QED) is 0.284. The molecule has 35 heavy (non-hydrogen) atoms. The molecule has 0 bridgehead atoms. The number of oxime groups is 1. The van der Waals surface area contributed by atoms with E-state index in [0.29, 0.717) is 41.6 Å². The number of carboxylic acids is 1. The molecule has 0 spiro atoms. The molecule has 0 aliphatic rings. The molecule has 1 N–H and O–H groups in total. The Labute approximate surface area is 203 Å². The van der Waals surface area contributed by atoms with E-state index in [1.165, 1.54) is 7.11 Å². The molecule has 0 radical (unpaired) electrons. The van der Waals surface area contributed by atoms with Gasteiger partial charge in [-0.05, 0) is 35.7 Å². The van der Waals surface area contributed by atoms with Gasteiger partial charge in [-0.1, -0.05) is 53.7 Å². The van der Waals surface area contributed by atoms with Gasteiger partial charge in [-0.3, -0.25) is 4.79 Å². The van der Waals surface area contributed by atoms with Crippen LogP contribution in [0.5, 0.6) is 17.2 Å². The highest BCUT2D eigenvalue weighted by Gasteiger charge is 2.10. The van der Waals surface area contributed by atoms with E-state index in [0.717, 1.165) is 11.1 Å². The van der Waals surface area contributed by atoms with Crippen molar-refractivity contribution in [3.05, 3.63) is 89.5 Å². The third kappa shape index (κ3) is 8.09. The molecule has 0 amide bonds. The monoisotopic (exact) mass is 474 g/mol. The van der Waals surface area contributed by atoms with Crippen molar-refractivity contribution in [2.45, 2.75) is 19.4 Å². The second kappa shape index (κ2) is 13.3. The predicted molar refractivity (Wildman–Crippen MR) is 130 cm³/mol. The number of nitrogens with zero attached hydrogens (tertiary/aromatic N) is 2. The Morgan fingerprint density at radius 1 is 0.971 bits per heavy atom. The number of aliphatic carboxylic acids is 1. The van der Waals surface area contributed by atoms with E-state index in [4.69, 9.17) is 29.4 Å². The van der Waals surface area contributed by atoms with E-state index in [-0.39, 0.29) is 19.6 Å². The van der Waals surface area contributed by atoms with Crippen LogP contribution in [-0.4, -0.2) is 37.1 Å². The summed E-state index contributed by atoms with van der Waals surface area (Å²) in [6.45, 7) is 0.437. The number of carboxylic acid groups (broad SMARTS) is 1. The van der Waals surface area contributed by atoms with E-state index in [1.54, 1.807) is 18.2 Å². The Balaban J connectivity index is 1.58. The van der Waals surface area contributed by atoms with Crippen LogP contribution in [0.2, 0.25) is 0 Å². The number of carbonyl (C=O) groups is 1. The zero-order valence-corrected chi connectivity index (χ0v) is 19.3. The largest absolute Gasteiger partial charge is 0.489 e. The fraction of sp³-hybridized carbons (Fsp3) is 0.222. The molecule has 0 unspecified atom stereocenters. The van der Waals surface area contributed by atoms with Crippen LogP contribution in [0, 0.1) is 11.3 Å². The Bertz CT molecular complexity index is 1170. The Morgan fingerprint density at radius 3 is 2.40 bits per heavy atom. The second-order valence-corrected chi connectivity index (χ2v) is 7.42. The summed E-state index contributed by atoms with van der Waals surface area (Å²) >= 11 is 0. The fourth-order valence-electron chi connectivity index (χ4n) is 3.22. The smallest absolute Gasteiger partial charge is 0.303 e. The maximum atomic E-state index is 10.9. The lowest BCUT2D eigenvalue weighted by atomic mass is 10.1. The number of ether oxygens (including phenoxy) is 3. The number of rotatable bonds is 13. The summed E-state index contributed by atoms with van der Waals surface area (Å²) in [6.07, 6.45) is 0.278. The molecule has 0 aliphatic heterocycles. The van der Waals surface area contributed by atoms with Crippen LogP contribution < -0.4 is 14.2 Å². The van der Waals surface area contributed by atoms with Crippen LogP contribution in [0.25, 0.3) is 0 Å². The van der Waals surface area contributed by atoms with Crippen molar-refractivity contribution in [2.24, 2.45) is 5.16 Å². The standard InChI is InChI=1S/C27H26N2O6/c1-32-29-25(21-5-3-2-4-6-21)19-35-23-11-7-20(8-12-23)18-34-24-13-9-22(10-14-27(30)31)26(17-24)33-16-15-28/h2-9,11-13,17H,10,14,16,18-19H2,1H3,(H,30,31)/b29-25+. The minimum Gasteiger partial charge on any atom is -0.489 e. The van der Waals surface area contributed by atoms with Crippen molar-refractivity contribution in [1.29, 1.82) is 5.26 Å². The first-order chi connectivity index (χ1) is 17.1. The summed E-state index contributed by atoms with van der Waals surface area (Å²) in [6, 6.07) is 24.3. The molecule has 0 saturated heterocycles. The normalized spacial score (nSPS) is 10.8. The van der Waals surface area contributed by atoms with Gasteiger partial charge in [0.25, 0.3) is 0 Å². The van der Waals surface area contributed by atoms with Crippen LogP contribution in [0.15, 0.2) is 78.0 Å². The third-order valence-corrected chi connectivity index (χ3v) is 4.95. The Hall–Kier alpha value is -4.51. The summed E-state index contributed by atoms with van der Waals surface area (Å²) < 4.78 is 17.2. The zero-order valence-electron chi connectivity index (χ0n) is 19.3. The lowest BCUT2D eigenvalue weighted by molar-refractivity contribution is -0.136. The van der Waals surface area contributed by atoms with Gasteiger partial charge in [-0.15, -0.1) is 0 Å². The Kier molecular flexibility index (Phi) is 9.52. The maximum absolute atomic E-state index is 10.9. The van der Waals surface area contributed by atoms with Gasteiger partial charge in [0.2, 0.25) is 0 Å². The lowest BCUT2D eigenvalue weighted by Crippen LogP contribution is -2.13. The van der Waals surface area contributed by atoms with Crippen LogP contribution in [0.1, 0.15) is 23.1 Å². The van der Waals surface area contributed by atoms with E-state index in [1.807, 2.05) is 60.7 Å². The fourth-order valence-corrected chi connectivity index (χ4v) is 3.22. The van der Waals surface area contributed by atoms with Crippen molar-refractivity contribution in [3.8, 4) is 23.3 Å². The number of hydrogen-bond donors (Lipinski definition) is 1. The van der Waals surface area contributed by atoms with E-state index in [2.05, 4.69) is 5.16 Å². The topological polar surface area (TPSA) is 110 Å². The summed E-state index contributed by atoms with van der Waals surface area (Å²) in [4.78, 5) is 15.8. The molecule has 0 aromatic heterocycles. The van der Waals surface area contributed by atoms with E-state index >= 15 is 0 Å². The van der Waals surface area contributed by atoms with Gasteiger partial charge in [0.1, 0.15) is 49.4 Å². The van der Waals surface area contributed by atoms with Crippen LogP contribution in [-0.2, 0) is 22.7 Å². The third-order valence-electron chi connectivity index (χ3n) is 4.95. The molecule has 0 atom stereocenters. The molecule has 0 aliphatic carbocycles. The van der Waals surface area contributed by atoms with Crippen molar-refractivity contribution < 1.29 is 28.9 Å². The van der Waals surface area contributed by atoms with Gasteiger partial charge in [0.05, 0.1) is 0 Å². The average Bonchev–Trinajstić information content (AvgIpc) is 2.89. The van der Waals surface area contributed by atoms with E-state index < -0.39 is 5.97 Å². The molecular formula is C27H26N2O6. The number of hydrogen-bond acceptors (Lipinski definition) is 7. The minimum absolute atomic E-state index is 0.0261. The molecule has 0 fully saturated rings. The molecule has 8 nitrogen and oxygen atoms in total. The summed E-state index contributed by atoms with van der Waals surface area (Å²) in [5, 5.41) is 21.8. The first-order valence-corrected chi connectivity index (χ1v) is 10.9. The molecule has 3 aromatic carbocycles. The molecule has 3 aromatic rings. The number of aryl methyl sites for hydroxylation is 1. The second-order valence-electron chi connectivity index (χ2n) is 7.42. The van der Waals surface area contributed by atoms with Gasteiger partial charge in [-0.25, -0.2) is 0 Å². The molecular weight excluding hydrogens is 448 g/mol. The highest BCUT2D eigenvalue weighted by Crippen LogP contribution is 2.27. The Morgan fingerprint density at radius 2 is 1.71 bits per heavy atom. The van der Waals surface area contributed by atoms with Gasteiger partial charge in [-0.2, -0.15) is 5.26 Å². The molecule has 0 heterocycles. The molecule has 180 valence electrons. The summed E-state index contributed by atoms with van der Waals surface area (Å²) in [5.41, 5.74) is 3.25. The predicted octanol–water partition coefficient (Wildman–Crippen LogP) is 4.61. The molecule has 3 rings (SSSR count).